The molecule has 2 heterocycles. The van der Waals surface area contributed by atoms with Crippen LogP contribution in [-0.2, 0) is 10.0 Å². The molecule has 0 saturated carbocycles. The Bertz CT molecular complexity index is 487. The maximum Gasteiger partial charge on any atom is 0.281 e. The first kappa shape index (κ1) is 9.22. The molecule has 14 heavy (non-hydrogen) atoms. The summed E-state index contributed by atoms with van der Waals surface area (Å²) in [6, 6.07) is 3.34. The van der Waals surface area contributed by atoms with Crippen molar-refractivity contribution in [3.05, 3.63) is 29.2 Å². The number of hydrogen-bond donors (Lipinski definition) is 2. The molecular formula is C7H7N3O2S2. The van der Waals surface area contributed by atoms with Gasteiger partial charge in [-0.05, 0) is 12.1 Å². The average Bonchev–Trinajstić information content (AvgIpc) is 2.71. The van der Waals surface area contributed by atoms with Gasteiger partial charge in [0.25, 0.3) is 10.0 Å². The van der Waals surface area contributed by atoms with E-state index in [9.17, 15) is 8.42 Å². The second-order valence-electron chi connectivity index (χ2n) is 2.52. The summed E-state index contributed by atoms with van der Waals surface area (Å²) in [4.78, 5) is 6.46. The highest BCUT2D eigenvalue weighted by atomic mass is 32.2. The lowest BCUT2D eigenvalue weighted by Crippen LogP contribution is -2.13. The molecule has 0 amide bonds. The molecule has 0 aliphatic rings. The van der Waals surface area contributed by atoms with Crippen LogP contribution in [0.15, 0.2) is 34.2 Å². The summed E-state index contributed by atoms with van der Waals surface area (Å²) >= 11 is 1.24. The van der Waals surface area contributed by atoms with Crippen LogP contribution in [0.1, 0.15) is 0 Å². The van der Waals surface area contributed by atoms with Gasteiger partial charge in [-0.1, -0.05) is 0 Å². The van der Waals surface area contributed by atoms with E-state index in [1.165, 1.54) is 22.2 Å². The molecule has 0 spiro atoms. The lowest BCUT2D eigenvalue weighted by Gasteiger charge is -2.01. The van der Waals surface area contributed by atoms with E-state index in [1.807, 2.05) is 0 Å². The predicted molar refractivity (Wildman–Crippen MR) is 53.7 cm³/mol. The van der Waals surface area contributed by atoms with Gasteiger partial charge in [-0.15, -0.1) is 11.3 Å². The van der Waals surface area contributed by atoms with E-state index in [4.69, 9.17) is 0 Å². The topological polar surface area (TPSA) is 74.8 Å². The number of nitrogens with one attached hydrogen (secondary N) is 2. The number of rotatable bonds is 3. The number of thiazole rings is 1. The predicted octanol–water partition coefficient (Wildman–Crippen LogP) is 1.27. The van der Waals surface area contributed by atoms with Crippen molar-refractivity contribution < 1.29 is 8.42 Å². The van der Waals surface area contributed by atoms with Gasteiger partial charge in [-0.2, -0.15) is 8.42 Å². The Hall–Kier alpha value is -1.34. The lowest BCUT2D eigenvalue weighted by atomic mass is 10.6. The molecule has 0 unspecified atom stereocenters. The highest BCUT2D eigenvalue weighted by Crippen LogP contribution is 2.13. The van der Waals surface area contributed by atoms with Gasteiger partial charge < -0.3 is 4.98 Å². The van der Waals surface area contributed by atoms with Crippen LogP contribution in [0, 0.1) is 0 Å². The van der Waals surface area contributed by atoms with Crippen LogP contribution in [0.3, 0.4) is 0 Å². The summed E-state index contributed by atoms with van der Waals surface area (Å²) in [5, 5.41) is 1.52. The zero-order chi connectivity index (χ0) is 10.0. The second kappa shape index (κ2) is 3.43. The fraction of sp³-hybridized carbons (Fsp3) is 0. The molecule has 0 aliphatic heterocycles. The van der Waals surface area contributed by atoms with Gasteiger partial charge >= 0.3 is 0 Å². The monoisotopic (exact) mass is 229 g/mol. The first-order valence-corrected chi connectivity index (χ1v) is 6.15. The Morgan fingerprint density at radius 2 is 2.36 bits per heavy atom. The molecule has 0 atom stereocenters. The highest BCUT2D eigenvalue weighted by Gasteiger charge is 2.16. The maximum absolute atomic E-state index is 11.6. The molecule has 0 fully saturated rings. The van der Waals surface area contributed by atoms with Gasteiger partial charge in [-0.3, -0.25) is 4.72 Å². The molecule has 74 valence electrons. The summed E-state index contributed by atoms with van der Waals surface area (Å²) in [7, 11) is -3.52. The van der Waals surface area contributed by atoms with Crippen molar-refractivity contribution in [3.63, 3.8) is 0 Å². The second-order valence-corrected chi connectivity index (χ2v) is 4.86. The zero-order valence-electron chi connectivity index (χ0n) is 6.97. The molecule has 0 bridgehead atoms. The van der Waals surface area contributed by atoms with E-state index in [2.05, 4.69) is 14.7 Å². The highest BCUT2D eigenvalue weighted by molar-refractivity contribution is 7.92. The number of anilines is 1. The van der Waals surface area contributed by atoms with Gasteiger partial charge in [0.2, 0.25) is 0 Å². The van der Waals surface area contributed by atoms with E-state index < -0.39 is 10.0 Å². The summed E-state index contributed by atoms with van der Waals surface area (Å²) in [6.07, 6.45) is 1.64. The first-order valence-electron chi connectivity index (χ1n) is 3.73. The van der Waals surface area contributed by atoms with Crippen molar-refractivity contribution in [2.24, 2.45) is 0 Å². The minimum absolute atomic E-state index is 0.0390. The standard InChI is InChI=1S/C7H7N3O2S2/c11-14(12,7-4-13-5-9-7)10-6-2-1-3-8-6/h1-5,8,10H. The maximum atomic E-state index is 11.6. The number of nitrogens with zero attached hydrogens (tertiary/aromatic N) is 1. The molecule has 2 aromatic heterocycles. The van der Waals surface area contributed by atoms with Crippen LogP contribution in [0.5, 0.6) is 0 Å². The average molecular weight is 229 g/mol. The van der Waals surface area contributed by atoms with E-state index in [1.54, 1.807) is 18.3 Å². The van der Waals surface area contributed by atoms with Crippen molar-refractivity contribution in [2.75, 3.05) is 4.72 Å². The third-order valence-corrected chi connectivity index (χ3v) is 3.53. The number of aromatic amines is 1. The zero-order valence-corrected chi connectivity index (χ0v) is 8.60. The van der Waals surface area contributed by atoms with E-state index in [0.29, 0.717) is 5.82 Å². The lowest BCUT2D eigenvalue weighted by molar-refractivity contribution is 0.598. The Kier molecular flexibility index (Phi) is 2.26. The van der Waals surface area contributed by atoms with Crippen LogP contribution in [0.4, 0.5) is 5.82 Å². The number of aromatic nitrogens is 2. The molecule has 0 radical (unpaired) electrons. The smallest absolute Gasteiger partial charge is 0.281 e. The van der Waals surface area contributed by atoms with Crippen molar-refractivity contribution in [3.8, 4) is 0 Å². The van der Waals surface area contributed by atoms with Crippen LogP contribution < -0.4 is 4.72 Å². The summed E-state index contributed by atoms with van der Waals surface area (Å²) in [5.74, 6) is 0.429. The van der Waals surface area contributed by atoms with E-state index in [0.717, 1.165) is 0 Å². The molecule has 2 aromatic rings. The molecule has 5 nitrogen and oxygen atoms in total. The molecule has 0 aromatic carbocycles. The van der Waals surface area contributed by atoms with Crippen LogP contribution in [0.25, 0.3) is 0 Å². The van der Waals surface area contributed by atoms with E-state index >= 15 is 0 Å². The fourth-order valence-electron chi connectivity index (χ4n) is 0.925. The normalized spacial score (nSPS) is 11.4. The van der Waals surface area contributed by atoms with Crippen LogP contribution in [0.2, 0.25) is 0 Å². The Labute approximate surface area is 84.9 Å². The van der Waals surface area contributed by atoms with Gasteiger partial charge in [0, 0.05) is 11.6 Å². The Morgan fingerprint density at radius 1 is 1.50 bits per heavy atom. The Balaban J connectivity index is 2.27. The summed E-state index contributed by atoms with van der Waals surface area (Å²) in [6.45, 7) is 0. The SMILES string of the molecule is O=S(=O)(Nc1ccc[nH]1)c1cscn1. The molecule has 0 aliphatic carbocycles. The quantitative estimate of drug-likeness (QED) is 0.832. The van der Waals surface area contributed by atoms with Gasteiger partial charge in [0.1, 0.15) is 5.82 Å². The third-order valence-electron chi connectivity index (χ3n) is 1.53. The molecule has 2 rings (SSSR count). The van der Waals surface area contributed by atoms with Gasteiger partial charge in [-0.25, -0.2) is 4.98 Å². The molecule has 7 heteroatoms. The third kappa shape index (κ3) is 1.78. The van der Waals surface area contributed by atoms with E-state index in [-0.39, 0.29) is 5.03 Å². The minimum atomic E-state index is -3.52. The van der Waals surface area contributed by atoms with Gasteiger partial charge in [0.05, 0.1) is 5.51 Å². The van der Waals surface area contributed by atoms with Crippen LogP contribution in [-0.4, -0.2) is 18.4 Å². The number of sulfonamides is 1. The fourth-order valence-corrected chi connectivity index (χ4v) is 2.79. The largest absolute Gasteiger partial charge is 0.348 e. The van der Waals surface area contributed by atoms with Crippen LogP contribution >= 0.6 is 11.3 Å². The molecule has 2 N–H and O–H groups in total. The summed E-state index contributed by atoms with van der Waals surface area (Å²) < 4.78 is 25.5. The molecule has 0 saturated heterocycles. The van der Waals surface area contributed by atoms with Crippen molar-refractivity contribution in [1.29, 1.82) is 0 Å². The molecular weight excluding hydrogens is 222 g/mol. The van der Waals surface area contributed by atoms with Crippen molar-refractivity contribution >= 4 is 27.2 Å². The number of hydrogen-bond acceptors (Lipinski definition) is 4. The number of H-pyrrole nitrogens is 1. The van der Waals surface area contributed by atoms with Crippen molar-refractivity contribution in [1.82, 2.24) is 9.97 Å². The minimum Gasteiger partial charge on any atom is -0.348 e. The van der Waals surface area contributed by atoms with Gasteiger partial charge in [0.15, 0.2) is 5.03 Å². The Morgan fingerprint density at radius 3 is 2.93 bits per heavy atom. The summed E-state index contributed by atoms with van der Waals surface area (Å²) in [5.41, 5.74) is 1.48. The first-order chi connectivity index (χ1) is 6.68. The van der Waals surface area contributed by atoms with Crippen molar-refractivity contribution in [2.45, 2.75) is 5.03 Å².